The van der Waals surface area contributed by atoms with Gasteiger partial charge in [0.15, 0.2) is 5.11 Å². The maximum Gasteiger partial charge on any atom is 0.573 e. The number of nitrogens with one attached hydrogen (secondary N) is 3. The molecule has 0 fully saturated rings. The van der Waals surface area contributed by atoms with Crippen molar-refractivity contribution in [2.45, 2.75) is 19.3 Å². The lowest BCUT2D eigenvalue weighted by Crippen LogP contribution is -2.45. The molecule has 3 N–H and O–H groups in total. The quantitative estimate of drug-likeness (QED) is 0.602. The van der Waals surface area contributed by atoms with Gasteiger partial charge >= 0.3 is 6.36 Å². The summed E-state index contributed by atoms with van der Waals surface area (Å²) in [4.78, 5) is 12.9. The van der Waals surface area contributed by atoms with Crippen LogP contribution in [0.2, 0.25) is 5.02 Å². The van der Waals surface area contributed by atoms with Crippen LogP contribution in [-0.2, 0) is 4.79 Å². The van der Waals surface area contributed by atoms with E-state index in [2.05, 4.69) is 20.7 Å². The molecule has 0 spiro atoms. The van der Waals surface area contributed by atoms with Gasteiger partial charge in [-0.15, -0.1) is 13.2 Å². The summed E-state index contributed by atoms with van der Waals surface area (Å²) in [5.41, 5.74) is 2.03. The molecule has 1 amide bonds. The van der Waals surface area contributed by atoms with E-state index in [4.69, 9.17) is 23.8 Å². The first-order chi connectivity index (χ1) is 13.6. The average Bonchev–Trinajstić information content (AvgIpc) is 2.62. The van der Waals surface area contributed by atoms with Gasteiger partial charge in [0, 0.05) is 16.4 Å². The van der Waals surface area contributed by atoms with Gasteiger partial charge in [0.1, 0.15) is 5.75 Å². The molecule has 2 aromatic carbocycles. The molecule has 0 unspecified atom stereocenters. The van der Waals surface area contributed by atoms with Gasteiger partial charge in [-0.3, -0.25) is 4.79 Å². The minimum atomic E-state index is -4.78. The molecular weight excluding hydrogens is 427 g/mol. The standard InChI is InChI=1S/C19H15ClF3N3O2S/c1-10-15(16(26-18(29)24-10)11-2-4-12(20)5-3-11)17(27)25-13-6-8-14(9-7-13)28-19(21,22)23/h2-9,16H,1H3,(H,25,27)(H2,24,26,29)/t16-/m1/s1. The van der Waals surface area contributed by atoms with Crippen molar-refractivity contribution in [2.24, 2.45) is 0 Å². The third-order valence-electron chi connectivity index (χ3n) is 4.06. The van der Waals surface area contributed by atoms with Gasteiger partial charge in [0.25, 0.3) is 5.91 Å². The number of amides is 1. The molecule has 1 aliphatic rings. The smallest absolute Gasteiger partial charge is 0.406 e. The largest absolute Gasteiger partial charge is 0.573 e. The highest BCUT2D eigenvalue weighted by atomic mass is 35.5. The van der Waals surface area contributed by atoms with E-state index < -0.39 is 18.3 Å². The van der Waals surface area contributed by atoms with E-state index in [1.54, 1.807) is 31.2 Å². The zero-order valence-electron chi connectivity index (χ0n) is 14.9. The first kappa shape index (κ1) is 20.9. The number of ether oxygens (including phenoxy) is 1. The number of alkyl halides is 3. The van der Waals surface area contributed by atoms with Crippen LogP contribution in [-0.4, -0.2) is 17.4 Å². The van der Waals surface area contributed by atoms with E-state index in [9.17, 15) is 18.0 Å². The van der Waals surface area contributed by atoms with Crippen LogP contribution >= 0.6 is 23.8 Å². The van der Waals surface area contributed by atoms with Crippen LogP contribution in [0.25, 0.3) is 0 Å². The van der Waals surface area contributed by atoms with Crippen molar-refractivity contribution in [3.05, 3.63) is 70.4 Å². The summed E-state index contributed by atoms with van der Waals surface area (Å²) < 4.78 is 40.6. The van der Waals surface area contributed by atoms with Gasteiger partial charge in [-0.1, -0.05) is 23.7 Å². The Kier molecular flexibility index (Phi) is 5.99. The number of halogens is 4. The Hall–Kier alpha value is -2.78. The molecule has 1 aliphatic heterocycles. The van der Waals surface area contributed by atoms with Gasteiger partial charge < -0.3 is 20.7 Å². The van der Waals surface area contributed by atoms with E-state index in [1.165, 1.54) is 12.1 Å². The van der Waals surface area contributed by atoms with Crippen molar-refractivity contribution in [3.63, 3.8) is 0 Å². The zero-order chi connectivity index (χ0) is 21.2. The summed E-state index contributed by atoms with van der Waals surface area (Å²) in [6.45, 7) is 1.71. The van der Waals surface area contributed by atoms with Crippen molar-refractivity contribution < 1.29 is 22.7 Å². The first-order valence-corrected chi connectivity index (χ1v) is 9.12. The molecule has 0 aliphatic carbocycles. The van der Waals surface area contributed by atoms with E-state index in [0.717, 1.165) is 17.7 Å². The molecule has 0 saturated carbocycles. The van der Waals surface area contributed by atoms with Crippen molar-refractivity contribution in [1.82, 2.24) is 10.6 Å². The number of carbonyl (C=O) groups excluding carboxylic acids is 1. The maximum atomic E-state index is 12.9. The van der Waals surface area contributed by atoms with Crippen LogP contribution in [0.5, 0.6) is 5.75 Å². The number of hydrogen-bond acceptors (Lipinski definition) is 3. The van der Waals surface area contributed by atoms with Crippen LogP contribution in [0, 0.1) is 0 Å². The number of anilines is 1. The molecule has 0 saturated heterocycles. The summed E-state index contributed by atoms with van der Waals surface area (Å²) in [5, 5.41) is 9.55. The predicted octanol–water partition coefficient (Wildman–Crippen LogP) is 4.67. The lowest BCUT2D eigenvalue weighted by atomic mass is 9.95. The summed E-state index contributed by atoms with van der Waals surface area (Å²) >= 11 is 11.1. The van der Waals surface area contributed by atoms with Gasteiger partial charge in [0.2, 0.25) is 0 Å². The minimum absolute atomic E-state index is 0.313. The number of rotatable bonds is 4. The Morgan fingerprint density at radius 3 is 2.34 bits per heavy atom. The second kappa shape index (κ2) is 8.30. The molecule has 0 aromatic heterocycles. The summed E-state index contributed by atoms with van der Waals surface area (Å²) in [7, 11) is 0. The third-order valence-corrected chi connectivity index (χ3v) is 4.53. The van der Waals surface area contributed by atoms with E-state index in [1.807, 2.05) is 0 Å². The fraction of sp³-hybridized carbons (Fsp3) is 0.158. The summed E-state index contributed by atoms with van der Waals surface area (Å²) in [6.07, 6.45) is -4.78. The molecule has 0 radical (unpaired) electrons. The molecule has 1 heterocycles. The topological polar surface area (TPSA) is 62.4 Å². The van der Waals surface area contributed by atoms with Gasteiger partial charge in [0.05, 0.1) is 11.6 Å². The lowest BCUT2D eigenvalue weighted by molar-refractivity contribution is -0.274. The summed E-state index contributed by atoms with van der Waals surface area (Å²) in [5.74, 6) is -0.814. The molecule has 3 rings (SSSR count). The Balaban J connectivity index is 1.82. The zero-order valence-corrected chi connectivity index (χ0v) is 16.5. The Labute approximate surface area is 174 Å². The highest BCUT2D eigenvalue weighted by Crippen LogP contribution is 2.29. The van der Waals surface area contributed by atoms with Gasteiger partial charge in [-0.25, -0.2) is 0 Å². The SMILES string of the molecule is CC1=C(C(=O)Nc2ccc(OC(F)(F)F)cc2)[C@@H](c2ccc(Cl)cc2)NC(=S)N1. The van der Waals surface area contributed by atoms with Gasteiger partial charge in [-0.05, 0) is 61.1 Å². The molecule has 1 atom stereocenters. The van der Waals surface area contributed by atoms with E-state index in [-0.39, 0.29) is 5.75 Å². The number of allylic oxidation sites excluding steroid dienone is 1. The highest BCUT2D eigenvalue weighted by Gasteiger charge is 2.31. The molecule has 10 heteroatoms. The van der Waals surface area contributed by atoms with Crippen LogP contribution in [0.4, 0.5) is 18.9 Å². The van der Waals surface area contributed by atoms with Crippen LogP contribution < -0.4 is 20.7 Å². The van der Waals surface area contributed by atoms with E-state index >= 15 is 0 Å². The normalized spacial score (nSPS) is 16.7. The van der Waals surface area contributed by atoms with Gasteiger partial charge in [-0.2, -0.15) is 0 Å². The molecule has 2 aromatic rings. The Morgan fingerprint density at radius 1 is 1.14 bits per heavy atom. The number of thiocarbonyl (C=S) groups is 1. The summed E-state index contributed by atoms with van der Waals surface area (Å²) in [6, 6.07) is 11.3. The Bertz CT molecular complexity index is 960. The Morgan fingerprint density at radius 2 is 1.76 bits per heavy atom. The molecule has 0 bridgehead atoms. The molecule has 5 nitrogen and oxygen atoms in total. The van der Waals surface area contributed by atoms with Crippen molar-refractivity contribution in [2.75, 3.05) is 5.32 Å². The molecular formula is C19H15ClF3N3O2S. The monoisotopic (exact) mass is 441 g/mol. The fourth-order valence-corrected chi connectivity index (χ4v) is 3.24. The maximum absolute atomic E-state index is 12.9. The predicted molar refractivity (Wildman–Crippen MR) is 108 cm³/mol. The second-order valence-corrected chi connectivity index (χ2v) is 6.99. The molecule has 152 valence electrons. The van der Waals surface area contributed by atoms with Crippen molar-refractivity contribution >= 4 is 40.5 Å². The third kappa shape index (κ3) is 5.39. The lowest BCUT2D eigenvalue weighted by Gasteiger charge is -2.30. The minimum Gasteiger partial charge on any atom is -0.406 e. The molecule has 29 heavy (non-hydrogen) atoms. The number of hydrogen-bond donors (Lipinski definition) is 3. The highest BCUT2D eigenvalue weighted by molar-refractivity contribution is 7.80. The van der Waals surface area contributed by atoms with Crippen LogP contribution in [0.1, 0.15) is 18.5 Å². The van der Waals surface area contributed by atoms with Crippen molar-refractivity contribution in [1.29, 1.82) is 0 Å². The second-order valence-electron chi connectivity index (χ2n) is 6.15. The number of carbonyl (C=O) groups is 1. The first-order valence-electron chi connectivity index (χ1n) is 8.33. The van der Waals surface area contributed by atoms with Crippen LogP contribution in [0.3, 0.4) is 0 Å². The number of benzene rings is 2. The van der Waals surface area contributed by atoms with Crippen molar-refractivity contribution in [3.8, 4) is 5.75 Å². The van der Waals surface area contributed by atoms with E-state index in [0.29, 0.717) is 27.1 Å². The average molecular weight is 442 g/mol. The van der Waals surface area contributed by atoms with Crippen LogP contribution in [0.15, 0.2) is 59.8 Å². The fourth-order valence-electron chi connectivity index (χ4n) is 2.84.